The van der Waals surface area contributed by atoms with Gasteiger partial charge in [0.25, 0.3) is 0 Å². The summed E-state index contributed by atoms with van der Waals surface area (Å²) >= 11 is 1.44. The average Bonchev–Trinajstić information content (AvgIpc) is 1.82. The molecule has 90 heavy (non-hydrogen) atoms. The highest BCUT2D eigenvalue weighted by atomic mass is 35.5. The monoisotopic (exact) mass is 1300 g/mol. The lowest BCUT2D eigenvalue weighted by Gasteiger charge is -2.30. The summed E-state index contributed by atoms with van der Waals surface area (Å²) in [5.41, 5.74) is 17.9. The van der Waals surface area contributed by atoms with Crippen LogP contribution < -0.4 is 70.4 Å². The molecule has 2 heterocycles. The second-order valence-electron chi connectivity index (χ2n) is 22.2. The summed E-state index contributed by atoms with van der Waals surface area (Å²) in [5, 5.41) is 44.9. The summed E-state index contributed by atoms with van der Waals surface area (Å²) in [6.45, 7) is 4.28. The Bertz CT molecular complexity index is 2860. The number of carboxylic acids is 1. The van der Waals surface area contributed by atoms with E-state index in [9.17, 15) is 77.3 Å². The molecule has 30 nitrogen and oxygen atoms in total. The molecule has 2 aromatic carbocycles. The summed E-state index contributed by atoms with van der Waals surface area (Å²) < 4.78 is 0. The molecule has 0 radical (unpaired) electrons. The molecule has 32 heteroatoms. The first-order valence-electron chi connectivity index (χ1n) is 29.3. The molecule has 10 unspecified atom stereocenters. The van der Waals surface area contributed by atoms with Gasteiger partial charge in [-0.1, -0.05) is 56.3 Å². The fraction of sp³-hybridized carbons (Fsp3) is 0.552. The standard InChI is InChI=1S/C58H84N14O16S.ClH/c1-31(2)25-39(54(84)66-36(49(61)79)21-24-89-4)65-47(76)30-62-51(81)40(27-34-15-17-35(73)18-16-34)68-55(85)41(26-33-11-6-5-7-12-33)69-53(83)37(13-8-9-22-59)67-56(86)42(28-45(60)74)70-57(87)44-14-10-23-72(44)58(88)43(29-48(77)78)71-50(80)32(3)63-52(82)38-19-20-46(75)64-38;/h5-7,11-12,15-18,31-32,36-44,73H,8-10,13-14,19-30,59H2,1-4H3,(H2,60,74)(H2,61,79)(H,62,81)(H,63,82)(H,64,75)(H,65,76)(H,66,84)(H,67,86)(H,68,85)(H,69,83)(H,70,87)(H,71,80)(H,77,78);1H. The van der Waals surface area contributed by atoms with Gasteiger partial charge in [0.1, 0.15) is 66.2 Å². The van der Waals surface area contributed by atoms with Crippen molar-refractivity contribution in [1.82, 2.24) is 58.1 Å². The zero-order valence-corrected chi connectivity index (χ0v) is 52.3. The smallest absolute Gasteiger partial charge is 0.305 e. The number of aromatic hydroxyl groups is 1. The molecule has 2 aromatic rings. The van der Waals surface area contributed by atoms with Gasteiger partial charge in [0.15, 0.2) is 0 Å². The number of hydrogen-bond donors (Lipinski definition) is 15. The number of hydrogen-bond acceptors (Lipinski definition) is 17. The van der Waals surface area contributed by atoms with Crippen molar-refractivity contribution in [3.05, 3.63) is 65.7 Å². The fourth-order valence-corrected chi connectivity index (χ4v) is 10.3. The van der Waals surface area contributed by atoms with Crippen LogP contribution in [0.3, 0.4) is 0 Å². The molecule has 0 aromatic heterocycles. The van der Waals surface area contributed by atoms with Crippen LogP contribution in [0.4, 0.5) is 0 Å². The van der Waals surface area contributed by atoms with Gasteiger partial charge in [0.2, 0.25) is 76.8 Å². The van der Waals surface area contributed by atoms with Gasteiger partial charge in [-0.15, -0.1) is 12.4 Å². The first-order chi connectivity index (χ1) is 42.2. The lowest BCUT2D eigenvalue weighted by atomic mass is 10.0. The van der Waals surface area contributed by atoms with Crippen molar-refractivity contribution in [2.45, 2.75) is 165 Å². The maximum absolute atomic E-state index is 14.6. The van der Waals surface area contributed by atoms with Crippen molar-refractivity contribution in [2.75, 3.05) is 31.6 Å². The number of halogens is 1. The maximum Gasteiger partial charge on any atom is 0.305 e. The van der Waals surface area contributed by atoms with E-state index in [4.69, 9.17) is 17.2 Å². The van der Waals surface area contributed by atoms with Gasteiger partial charge in [-0.2, -0.15) is 11.8 Å². The minimum Gasteiger partial charge on any atom is -0.508 e. The summed E-state index contributed by atoms with van der Waals surface area (Å²) in [6.07, 6.45) is 0.987. The van der Waals surface area contributed by atoms with Gasteiger partial charge < -0.3 is 85.5 Å². The summed E-state index contributed by atoms with van der Waals surface area (Å²) in [5.74, 6) is -12.3. The van der Waals surface area contributed by atoms with Gasteiger partial charge in [0, 0.05) is 25.8 Å². The Labute approximate surface area is 531 Å². The van der Waals surface area contributed by atoms with Crippen molar-refractivity contribution in [3.63, 3.8) is 0 Å². The largest absolute Gasteiger partial charge is 0.508 e. The predicted octanol–water partition coefficient (Wildman–Crippen LogP) is -3.35. The number of phenols is 1. The van der Waals surface area contributed by atoms with Crippen LogP contribution in [0, 0.1) is 5.92 Å². The van der Waals surface area contributed by atoms with Gasteiger partial charge in [-0.25, -0.2) is 0 Å². The van der Waals surface area contributed by atoms with E-state index in [0.29, 0.717) is 23.3 Å². The number of nitrogens with two attached hydrogens (primary N) is 3. The molecule has 2 fully saturated rings. The van der Waals surface area contributed by atoms with Crippen molar-refractivity contribution >= 4 is 107 Å². The molecular formula is C58H85ClN14O16S. The third-order valence-corrected chi connectivity index (χ3v) is 15.1. The molecule has 18 N–H and O–H groups in total. The Balaban J connectivity index is 0.0000212. The van der Waals surface area contributed by atoms with Crippen LogP contribution >= 0.6 is 24.2 Å². The first-order valence-corrected chi connectivity index (χ1v) is 30.7. The molecule has 0 bridgehead atoms. The highest BCUT2D eigenvalue weighted by Gasteiger charge is 2.41. The number of primary amides is 2. The van der Waals surface area contributed by atoms with Crippen LogP contribution in [0.2, 0.25) is 0 Å². The Morgan fingerprint density at radius 2 is 1.22 bits per heavy atom. The number of benzene rings is 2. The van der Waals surface area contributed by atoms with Crippen molar-refractivity contribution in [2.24, 2.45) is 23.1 Å². The molecule has 2 aliphatic rings. The van der Waals surface area contributed by atoms with Crippen molar-refractivity contribution in [3.8, 4) is 5.75 Å². The number of likely N-dealkylation sites (tertiary alicyclic amines) is 1. The predicted molar refractivity (Wildman–Crippen MR) is 330 cm³/mol. The van der Waals surface area contributed by atoms with E-state index in [1.54, 1.807) is 30.3 Å². The van der Waals surface area contributed by atoms with Crippen LogP contribution in [0.1, 0.15) is 103 Å². The minimum atomic E-state index is -1.78. The number of carbonyl (C=O) groups is 14. The topological polar surface area (TPSA) is 481 Å². The number of nitrogens with zero attached hydrogens (tertiary/aromatic N) is 1. The number of aliphatic carboxylic acids is 1. The average molecular weight is 1300 g/mol. The van der Waals surface area contributed by atoms with Crippen LogP contribution in [0.15, 0.2) is 54.6 Å². The molecule has 2 saturated heterocycles. The van der Waals surface area contributed by atoms with E-state index >= 15 is 0 Å². The van der Waals surface area contributed by atoms with E-state index in [2.05, 4.69) is 53.2 Å². The number of nitrogens with one attached hydrogen (secondary N) is 10. The van der Waals surface area contributed by atoms with Crippen molar-refractivity contribution < 1.29 is 77.3 Å². The SMILES string of the molecule is CSCCC(NC(=O)C(CC(C)C)NC(=O)CNC(=O)C(Cc1ccc(O)cc1)NC(=O)C(Cc1ccccc1)NC(=O)C(CCCCN)NC(=O)C(CC(N)=O)NC(=O)C1CCCN1C(=O)C(CC(=O)O)NC(=O)C(C)NC(=O)C1CCC(=O)N1)C(N)=O.Cl. The summed E-state index contributed by atoms with van der Waals surface area (Å²) in [4.78, 5) is 188. The zero-order valence-electron chi connectivity index (χ0n) is 50.7. The Kier molecular flexibility index (Phi) is 32.0. The quantitative estimate of drug-likeness (QED) is 0.0294. The van der Waals surface area contributed by atoms with E-state index in [0.717, 1.165) is 4.90 Å². The number of rotatable bonds is 37. The Hall–Kier alpha value is -8.58. The van der Waals surface area contributed by atoms with Gasteiger partial charge >= 0.3 is 5.97 Å². The van der Waals surface area contributed by atoms with Crippen LogP contribution in [0.5, 0.6) is 5.75 Å². The fourth-order valence-electron chi connectivity index (χ4n) is 9.79. The van der Waals surface area contributed by atoms with E-state index in [1.165, 1.54) is 43.0 Å². The number of unbranched alkanes of at least 4 members (excludes halogenated alkanes) is 1. The molecule has 13 amide bonds. The van der Waals surface area contributed by atoms with Gasteiger partial charge in [-0.05, 0) is 106 Å². The third-order valence-electron chi connectivity index (χ3n) is 14.5. The molecule has 496 valence electrons. The number of thioether (sulfide) groups is 1. The van der Waals surface area contributed by atoms with Crippen LogP contribution in [0.25, 0.3) is 0 Å². The molecule has 0 spiro atoms. The van der Waals surface area contributed by atoms with Gasteiger partial charge in [-0.3, -0.25) is 67.1 Å². The first kappa shape index (κ1) is 75.7. The highest BCUT2D eigenvalue weighted by molar-refractivity contribution is 7.98. The zero-order chi connectivity index (χ0) is 65.9. The highest BCUT2D eigenvalue weighted by Crippen LogP contribution is 2.21. The normalized spacial score (nSPS) is 16.9. The molecule has 4 rings (SSSR count). The van der Waals surface area contributed by atoms with Crippen LogP contribution in [-0.4, -0.2) is 190 Å². The van der Waals surface area contributed by atoms with Crippen LogP contribution in [-0.2, 0) is 80.0 Å². The summed E-state index contributed by atoms with van der Waals surface area (Å²) in [6, 6.07) is 0.401. The Morgan fingerprint density at radius 1 is 0.644 bits per heavy atom. The van der Waals surface area contributed by atoms with E-state index < -0.39 is 157 Å². The molecular weight excluding hydrogens is 1220 g/mol. The van der Waals surface area contributed by atoms with Gasteiger partial charge in [0.05, 0.1) is 19.4 Å². The minimum absolute atomic E-state index is 0. The lowest BCUT2D eigenvalue weighted by molar-refractivity contribution is -0.146. The summed E-state index contributed by atoms with van der Waals surface area (Å²) in [7, 11) is 0. The molecule has 2 aliphatic heterocycles. The van der Waals surface area contributed by atoms with E-state index in [1.807, 2.05) is 20.1 Å². The van der Waals surface area contributed by atoms with E-state index in [-0.39, 0.29) is 107 Å². The lowest BCUT2D eigenvalue weighted by Crippen LogP contribution is -2.60. The molecule has 0 aliphatic carbocycles. The number of carboxylic acid groups (broad SMARTS) is 1. The number of carbonyl (C=O) groups excluding carboxylic acids is 13. The second kappa shape index (κ2) is 38.1. The second-order valence-corrected chi connectivity index (χ2v) is 23.2. The number of phenolic OH excluding ortho intramolecular Hbond substituents is 1. The third kappa shape index (κ3) is 25.5. The Morgan fingerprint density at radius 3 is 1.80 bits per heavy atom. The maximum atomic E-state index is 14.6. The molecule has 0 saturated carbocycles. The van der Waals surface area contributed by atoms with Crippen molar-refractivity contribution in [1.29, 1.82) is 0 Å². The molecule has 10 atom stereocenters. The number of amides is 13.